The summed E-state index contributed by atoms with van der Waals surface area (Å²) in [6.07, 6.45) is 1.25. The summed E-state index contributed by atoms with van der Waals surface area (Å²) in [5.74, 6) is 0.0474. The fourth-order valence-corrected chi connectivity index (χ4v) is 1.77. The largest absolute Gasteiger partial charge is 0.496 e. The van der Waals surface area contributed by atoms with Crippen LogP contribution in [0.5, 0.6) is 11.5 Å². The van der Waals surface area contributed by atoms with Gasteiger partial charge in [-0.3, -0.25) is 10.1 Å². The van der Waals surface area contributed by atoms with E-state index < -0.39 is 10.5 Å². The Balaban J connectivity index is 3.65. The fourth-order valence-electron chi connectivity index (χ4n) is 1.77. The van der Waals surface area contributed by atoms with Crippen molar-refractivity contribution in [3.8, 4) is 29.7 Å². The van der Waals surface area contributed by atoms with Gasteiger partial charge in [0.25, 0.3) is 0 Å². The number of nitrogens with zero attached hydrogens (tertiary/aromatic N) is 4. The first kappa shape index (κ1) is 18.0. The van der Waals surface area contributed by atoms with Crippen LogP contribution in [0.4, 0.5) is 5.69 Å². The second-order valence-electron chi connectivity index (χ2n) is 4.21. The molecule has 9 nitrogen and oxygen atoms in total. The van der Waals surface area contributed by atoms with E-state index in [2.05, 4.69) is 0 Å². The minimum absolute atomic E-state index is 0.0484. The number of benzene rings is 1. The molecule has 0 amide bonds. The Kier molecular flexibility index (Phi) is 5.88. The van der Waals surface area contributed by atoms with Gasteiger partial charge in [0.05, 0.1) is 36.5 Å². The van der Waals surface area contributed by atoms with Crippen molar-refractivity contribution in [3.63, 3.8) is 0 Å². The lowest BCUT2D eigenvalue weighted by Crippen LogP contribution is -2.04. The standard InChI is InChI=1S/C15H11N5O4/c1-23-13-5-12(20(21)22)14(24-2)4-9(13)3-10(6-16)15(19)11(7-17)8-18/h3-5H,19H2,1-2H3. The molecule has 1 aromatic carbocycles. The second kappa shape index (κ2) is 7.83. The molecular formula is C15H11N5O4. The molecule has 9 heteroatoms. The van der Waals surface area contributed by atoms with Crippen LogP contribution in [-0.2, 0) is 0 Å². The van der Waals surface area contributed by atoms with Crippen LogP contribution in [0.25, 0.3) is 6.08 Å². The highest BCUT2D eigenvalue weighted by Gasteiger charge is 2.19. The number of nitro groups is 1. The number of nitro benzene ring substituents is 1. The number of hydrogen-bond acceptors (Lipinski definition) is 8. The van der Waals surface area contributed by atoms with E-state index in [1.807, 2.05) is 0 Å². The molecule has 0 spiro atoms. The zero-order valence-corrected chi connectivity index (χ0v) is 12.7. The second-order valence-corrected chi connectivity index (χ2v) is 4.21. The van der Waals surface area contributed by atoms with Crippen molar-refractivity contribution in [1.29, 1.82) is 15.8 Å². The zero-order chi connectivity index (χ0) is 18.3. The monoisotopic (exact) mass is 325 g/mol. The molecule has 120 valence electrons. The summed E-state index contributed by atoms with van der Waals surface area (Å²) in [6.45, 7) is 0. The van der Waals surface area contributed by atoms with E-state index in [4.69, 9.17) is 25.7 Å². The van der Waals surface area contributed by atoms with Gasteiger partial charge in [-0.15, -0.1) is 0 Å². The topological polar surface area (TPSA) is 159 Å². The summed E-state index contributed by atoms with van der Waals surface area (Å²) in [4.78, 5) is 10.4. The van der Waals surface area contributed by atoms with Gasteiger partial charge in [-0.2, -0.15) is 15.8 Å². The van der Waals surface area contributed by atoms with Gasteiger partial charge in [0.15, 0.2) is 11.3 Å². The quantitative estimate of drug-likeness (QED) is 0.371. The third kappa shape index (κ3) is 3.59. The van der Waals surface area contributed by atoms with Crippen LogP contribution >= 0.6 is 0 Å². The Morgan fingerprint density at radius 3 is 2.17 bits per heavy atom. The summed E-state index contributed by atoms with van der Waals surface area (Å²) in [7, 11) is 2.55. The smallest absolute Gasteiger partial charge is 0.314 e. The summed E-state index contributed by atoms with van der Waals surface area (Å²) < 4.78 is 10.0. The first-order chi connectivity index (χ1) is 11.4. The lowest BCUT2D eigenvalue weighted by molar-refractivity contribution is -0.385. The van der Waals surface area contributed by atoms with E-state index in [-0.39, 0.29) is 34.0 Å². The van der Waals surface area contributed by atoms with E-state index in [0.29, 0.717) is 0 Å². The Morgan fingerprint density at radius 2 is 1.75 bits per heavy atom. The molecule has 24 heavy (non-hydrogen) atoms. The SMILES string of the molecule is COc1cc([N+](=O)[O-])c(OC)cc1C=C(C#N)C(N)=C(C#N)C#N. The van der Waals surface area contributed by atoms with Gasteiger partial charge in [0.1, 0.15) is 24.0 Å². The third-order valence-electron chi connectivity index (χ3n) is 2.93. The number of ether oxygens (including phenoxy) is 2. The average molecular weight is 325 g/mol. The van der Waals surface area contributed by atoms with Gasteiger partial charge in [-0.25, -0.2) is 0 Å². The predicted molar refractivity (Wildman–Crippen MR) is 82.2 cm³/mol. The number of nitrogens with two attached hydrogens (primary N) is 1. The number of hydrogen-bond donors (Lipinski definition) is 1. The van der Waals surface area contributed by atoms with Gasteiger partial charge < -0.3 is 15.2 Å². The van der Waals surface area contributed by atoms with Crippen molar-refractivity contribution in [2.24, 2.45) is 5.73 Å². The van der Waals surface area contributed by atoms with Gasteiger partial charge in [0, 0.05) is 5.56 Å². The molecule has 1 rings (SSSR count). The highest BCUT2D eigenvalue weighted by atomic mass is 16.6. The maximum Gasteiger partial charge on any atom is 0.314 e. The van der Waals surface area contributed by atoms with Crippen LogP contribution in [0.3, 0.4) is 0 Å². The number of rotatable bonds is 5. The van der Waals surface area contributed by atoms with Crippen LogP contribution in [0, 0.1) is 44.1 Å². The van der Waals surface area contributed by atoms with Crippen LogP contribution in [0.1, 0.15) is 5.56 Å². The molecule has 0 aromatic heterocycles. The molecule has 0 atom stereocenters. The van der Waals surface area contributed by atoms with E-state index in [1.165, 1.54) is 26.4 Å². The summed E-state index contributed by atoms with van der Waals surface area (Å²) in [6, 6.07) is 7.36. The first-order valence-electron chi connectivity index (χ1n) is 6.26. The normalized spacial score (nSPS) is 9.88. The van der Waals surface area contributed by atoms with Crippen molar-refractivity contribution in [2.75, 3.05) is 14.2 Å². The summed E-state index contributed by atoms with van der Waals surface area (Å²) in [5.41, 5.74) is 4.70. The number of allylic oxidation sites excluding steroid dienone is 2. The van der Waals surface area contributed by atoms with Crippen LogP contribution in [0.2, 0.25) is 0 Å². The van der Waals surface area contributed by atoms with Gasteiger partial charge >= 0.3 is 5.69 Å². The summed E-state index contributed by atoms with van der Waals surface area (Å²) in [5, 5.41) is 37.9. The molecule has 0 unspecified atom stereocenters. The minimum atomic E-state index is -0.641. The highest BCUT2D eigenvalue weighted by Crippen LogP contribution is 2.35. The molecule has 2 N–H and O–H groups in total. The average Bonchev–Trinajstić information content (AvgIpc) is 2.59. The van der Waals surface area contributed by atoms with Crippen LogP contribution in [0.15, 0.2) is 29.0 Å². The molecule has 0 bridgehead atoms. The van der Waals surface area contributed by atoms with Crippen LogP contribution < -0.4 is 15.2 Å². The molecule has 0 radical (unpaired) electrons. The highest BCUT2D eigenvalue weighted by molar-refractivity contribution is 5.72. The molecule has 0 aliphatic heterocycles. The maximum atomic E-state index is 11.0. The van der Waals surface area contributed by atoms with E-state index in [1.54, 1.807) is 18.2 Å². The van der Waals surface area contributed by atoms with Crippen molar-refractivity contribution in [1.82, 2.24) is 0 Å². The predicted octanol–water partition coefficient (Wildman–Crippen LogP) is 1.78. The van der Waals surface area contributed by atoms with E-state index >= 15 is 0 Å². The molecule has 1 aromatic rings. The molecule has 0 saturated carbocycles. The molecular weight excluding hydrogens is 314 g/mol. The Bertz CT molecular complexity index is 850. The number of nitriles is 3. The zero-order valence-electron chi connectivity index (χ0n) is 12.7. The maximum absolute atomic E-state index is 11.0. The Hall–Kier alpha value is -4.03. The van der Waals surface area contributed by atoms with Crippen molar-refractivity contribution in [3.05, 3.63) is 44.7 Å². The Morgan fingerprint density at radius 1 is 1.17 bits per heavy atom. The molecule has 0 heterocycles. The lowest BCUT2D eigenvalue weighted by Gasteiger charge is -2.09. The van der Waals surface area contributed by atoms with Gasteiger partial charge in [0.2, 0.25) is 0 Å². The van der Waals surface area contributed by atoms with E-state index in [9.17, 15) is 15.4 Å². The Labute approximate surface area is 137 Å². The van der Waals surface area contributed by atoms with Crippen molar-refractivity contribution < 1.29 is 14.4 Å². The van der Waals surface area contributed by atoms with E-state index in [0.717, 1.165) is 6.07 Å². The first-order valence-corrected chi connectivity index (χ1v) is 6.26. The molecule has 0 fully saturated rings. The number of methoxy groups -OCH3 is 2. The van der Waals surface area contributed by atoms with Gasteiger partial charge in [-0.05, 0) is 12.1 Å². The van der Waals surface area contributed by atoms with Crippen molar-refractivity contribution >= 4 is 11.8 Å². The van der Waals surface area contributed by atoms with Gasteiger partial charge in [-0.1, -0.05) is 0 Å². The molecule has 0 aliphatic carbocycles. The molecule has 0 aliphatic rings. The minimum Gasteiger partial charge on any atom is -0.496 e. The van der Waals surface area contributed by atoms with Crippen molar-refractivity contribution in [2.45, 2.75) is 0 Å². The van der Waals surface area contributed by atoms with Crippen LogP contribution in [-0.4, -0.2) is 19.1 Å². The lowest BCUT2D eigenvalue weighted by atomic mass is 10.0. The molecule has 0 saturated heterocycles. The summed E-state index contributed by atoms with van der Waals surface area (Å²) >= 11 is 0. The fraction of sp³-hybridized carbons (Fsp3) is 0.133. The third-order valence-corrected chi connectivity index (χ3v) is 2.93.